The summed E-state index contributed by atoms with van der Waals surface area (Å²) >= 11 is 0. The highest BCUT2D eigenvalue weighted by atomic mass is 16.2. The number of rotatable bonds is 5. The lowest BCUT2D eigenvalue weighted by atomic mass is 10.1. The number of benzene rings is 1. The largest absolute Gasteiger partial charge is 0.348 e. The van der Waals surface area contributed by atoms with Crippen molar-refractivity contribution in [1.29, 1.82) is 0 Å². The van der Waals surface area contributed by atoms with E-state index in [-0.39, 0.29) is 17.9 Å². The molecule has 152 valence electrons. The number of amides is 2. The highest BCUT2D eigenvalue weighted by Gasteiger charge is 2.33. The Morgan fingerprint density at radius 2 is 1.97 bits per heavy atom. The topological polar surface area (TPSA) is 88.1 Å². The minimum absolute atomic E-state index is 0.0727. The second-order valence-electron chi connectivity index (χ2n) is 7.29. The van der Waals surface area contributed by atoms with Crippen LogP contribution in [0.1, 0.15) is 56.7 Å². The van der Waals surface area contributed by atoms with Gasteiger partial charge in [0, 0.05) is 31.7 Å². The van der Waals surface area contributed by atoms with E-state index < -0.39 is 0 Å². The molecule has 1 atom stereocenters. The molecule has 2 amide bonds. The SMILES string of the molecule is Cc1nc(C2CCCN2C(=O)c2cccnc2)ncc1C(=O)NCc1ccccc1. The molecule has 1 aliphatic heterocycles. The van der Waals surface area contributed by atoms with Crippen LogP contribution in [0.25, 0.3) is 0 Å². The van der Waals surface area contributed by atoms with E-state index in [1.54, 1.807) is 42.5 Å². The van der Waals surface area contributed by atoms with Crippen molar-refractivity contribution in [2.75, 3.05) is 6.54 Å². The van der Waals surface area contributed by atoms with Gasteiger partial charge < -0.3 is 10.2 Å². The smallest absolute Gasteiger partial charge is 0.256 e. The summed E-state index contributed by atoms with van der Waals surface area (Å²) in [6.45, 7) is 2.89. The first-order valence-corrected chi connectivity index (χ1v) is 10.00. The number of aryl methyl sites for hydroxylation is 1. The molecule has 2 aromatic heterocycles. The quantitative estimate of drug-likeness (QED) is 0.710. The second kappa shape index (κ2) is 8.82. The van der Waals surface area contributed by atoms with Gasteiger partial charge in [-0.25, -0.2) is 9.97 Å². The van der Waals surface area contributed by atoms with Crippen LogP contribution in [0.5, 0.6) is 0 Å². The van der Waals surface area contributed by atoms with E-state index in [0.717, 1.165) is 18.4 Å². The molecule has 0 saturated carbocycles. The lowest BCUT2D eigenvalue weighted by Gasteiger charge is -2.24. The minimum Gasteiger partial charge on any atom is -0.348 e. The van der Waals surface area contributed by atoms with Crippen LogP contribution in [-0.2, 0) is 6.54 Å². The van der Waals surface area contributed by atoms with E-state index in [1.807, 2.05) is 30.3 Å². The van der Waals surface area contributed by atoms with Gasteiger partial charge >= 0.3 is 0 Å². The van der Waals surface area contributed by atoms with E-state index in [1.165, 1.54) is 0 Å². The third-order valence-electron chi connectivity index (χ3n) is 5.26. The van der Waals surface area contributed by atoms with Gasteiger partial charge in [0.25, 0.3) is 11.8 Å². The summed E-state index contributed by atoms with van der Waals surface area (Å²) in [5.74, 6) is 0.288. The number of nitrogens with zero attached hydrogens (tertiary/aromatic N) is 4. The first kappa shape index (κ1) is 19.7. The van der Waals surface area contributed by atoms with Crippen molar-refractivity contribution in [2.45, 2.75) is 32.4 Å². The van der Waals surface area contributed by atoms with Gasteiger partial charge in [-0.3, -0.25) is 14.6 Å². The summed E-state index contributed by atoms with van der Waals surface area (Å²) in [6.07, 6.45) is 6.46. The van der Waals surface area contributed by atoms with Crippen molar-refractivity contribution < 1.29 is 9.59 Å². The number of nitrogens with one attached hydrogen (secondary N) is 1. The molecule has 3 aromatic rings. The van der Waals surface area contributed by atoms with E-state index >= 15 is 0 Å². The maximum Gasteiger partial charge on any atom is 0.256 e. The van der Waals surface area contributed by atoms with Gasteiger partial charge in [0.15, 0.2) is 5.82 Å². The van der Waals surface area contributed by atoms with Crippen LogP contribution in [0.2, 0.25) is 0 Å². The molecule has 0 aliphatic carbocycles. The molecule has 4 rings (SSSR count). The lowest BCUT2D eigenvalue weighted by molar-refractivity contribution is 0.0728. The molecule has 0 radical (unpaired) electrons. The Labute approximate surface area is 175 Å². The minimum atomic E-state index is -0.211. The summed E-state index contributed by atoms with van der Waals surface area (Å²) in [6, 6.07) is 13.0. The molecule has 7 heteroatoms. The van der Waals surface area contributed by atoms with Gasteiger partial charge in [-0.1, -0.05) is 30.3 Å². The third kappa shape index (κ3) is 4.20. The van der Waals surface area contributed by atoms with Crippen molar-refractivity contribution in [3.8, 4) is 0 Å². The van der Waals surface area contributed by atoms with Crippen molar-refractivity contribution in [1.82, 2.24) is 25.2 Å². The van der Waals surface area contributed by atoms with Crippen LogP contribution < -0.4 is 5.32 Å². The molecule has 1 aromatic carbocycles. The number of likely N-dealkylation sites (tertiary alicyclic amines) is 1. The molecule has 1 saturated heterocycles. The normalized spacial score (nSPS) is 15.8. The predicted molar refractivity (Wildman–Crippen MR) is 112 cm³/mol. The molecule has 7 nitrogen and oxygen atoms in total. The maximum atomic E-state index is 12.9. The van der Waals surface area contributed by atoms with Gasteiger partial charge in [-0.05, 0) is 37.5 Å². The molecule has 1 fully saturated rings. The molecule has 1 N–H and O–H groups in total. The lowest BCUT2D eigenvalue weighted by Crippen LogP contribution is -2.32. The summed E-state index contributed by atoms with van der Waals surface area (Å²) in [5, 5.41) is 2.90. The first-order valence-electron chi connectivity index (χ1n) is 10.00. The Hall–Kier alpha value is -3.61. The van der Waals surface area contributed by atoms with Crippen molar-refractivity contribution >= 4 is 11.8 Å². The van der Waals surface area contributed by atoms with Crippen molar-refractivity contribution in [3.05, 3.63) is 89.3 Å². The fraction of sp³-hybridized carbons (Fsp3) is 0.261. The van der Waals surface area contributed by atoms with Crippen LogP contribution in [0.4, 0.5) is 0 Å². The van der Waals surface area contributed by atoms with E-state index in [9.17, 15) is 9.59 Å². The molecule has 3 heterocycles. The van der Waals surface area contributed by atoms with Crippen molar-refractivity contribution in [3.63, 3.8) is 0 Å². The molecular formula is C23H23N5O2. The Bertz CT molecular complexity index is 1040. The third-order valence-corrected chi connectivity index (χ3v) is 5.26. The summed E-state index contributed by atoms with van der Waals surface area (Å²) in [7, 11) is 0. The van der Waals surface area contributed by atoms with Gasteiger partial charge in [-0.2, -0.15) is 0 Å². The Kier molecular flexibility index (Phi) is 5.79. The average molecular weight is 401 g/mol. The van der Waals surface area contributed by atoms with Gasteiger partial charge in [-0.15, -0.1) is 0 Å². The second-order valence-corrected chi connectivity index (χ2v) is 7.29. The number of hydrogen-bond acceptors (Lipinski definition) is 5. The molecule has 1 aliphatic rings. The molecule has 30 heavy (non-hydrogen) atoms. The standard InChI is InChI=1S/C23H23N5O2/c1-16-19(22(29)26-13-17-7-3-2-4-8-17)15-25-21(27-16)20-10-6-12-28(20)23(30)18-9-5-11-24-14-18/h2-5,7-9,11,14-15,20H,6,10,12-13H2,1H3,(H,26,29). The summed E-state index contributed by atoms with van der Waals surface area (Å²) < 4.78 is 0. The molecule has 1 unspecified atom stereocenters. The summed E-state index contributed by atoms with van der Waals surface area (Å²) in [5.41, 5.74) is 2.62. The van der Waals surface area contributed by atoms with Crippen molar-refractivity contribution in [2.24, 2.45) is 0 Å². The van der Waals surface area contributed by atoms with Crippen LogP contribution >= 0.6 is 0 Å². The highest BCUT2D eigenvalue weighted by Crippen LogP contribution is 2.31. The van der Waals surface area contributed by atoms with Crippen LogP contribution in [0, 0.1) is 6.92 Å². The number of carbonyl (C=O) groups is 2. The first-order chi connectivity index (χ1) is 14.6. The van der Waals surface area contributed by atoms with Gasteiger partial charge in [0.2, 0.25) is 0 Å². The fourth-order valence-corrected chi connectivity index (χ4v) is 3.68. The Morgan fingerprint density at radius 1 is 1.13 bits per heavy atom. The average Bonchev–Trinajstić information content (AvgIpc) is 3.28. The molecule has 0 spiro atoms. The number of hydrogen-bond donors (Lipinski definition) is 1. The fourth-order valence-electron chi connectivity index (χ4n) is 3.68. The van der Waals surface area contributed by atoms with Gasteiger partial charge in [0.1, 0.15) is 0 Å². The van der Waals surface area contributed by atoms with E-state index in [2.05, 4.69) is 20.3 Å². The van der Waals surface area contributed by atoms with E-state index in [0.29, 0.717) is 35.7 Å². The van der Waals surface area contributed by atoms with Crippen LogP contribution in [0.15, 0.2) is 61.1 Å². The van der Waals surface area contributed by atoms with E-state index in [4.69, 9.17) is 0 Å². The van der Waals surface area contributed by atoms with Gasteiger partial charge in [0.05, 0.1) is 22.9 Å². The maximum absolute atomic E-state index is 12.9. The van der Waals surface area contributed by atoms with Crippen LogP contribution in [-0.4, -0.2) is 38.2 Å². The summed E-state index contributed by atoms with van der Waals surface area (Å²) in [4.78, 5) is 40.3. The predicted octanol–water partition coefficient (Wildman–Crippen LogP) is 3.09. The zero-order valence-corrected chi connectivity index (χ0v) is 16.8. The number of pyridine rings is 1. The zero-order valence-electron chi connectivity index (χ0n) is 16.8. The Balaban J connectivity index is 1.48. The number of carbonyl (C=O) groups excluding carboxylic acids is 2. The Morgan fingerprint density at radius 3 is 2.70 bits per heavy atom. The molecular weight excluding hydrogens is 378 g/mol. The monoisotopic (exact) mass is 401 g/mol. The zero-order chi connectivity index (χ0) is 20.9. The molecule has 0 bridgehead atoms. The number of aromatic nitrogens is 3. The van der Waals surface area contributed by atoms with Crippen LogP contribution in [0.3, 0.4) is 0 Å². The highest BCUT2D eigenvalue weighted by molar-refractivity contribution is 5.95.